The third-order valence-corrected chi connectivity index (χ3v) is 4.17. The molecular weight excluding hydrogens is 354 g/mol. The number of halogens is 2. The van der Waals surface area contributed by atoms with Crippen LogP contribution in [-0.4, -0.2) is 16.2 Å². The van der Waals surface area contributed by atoms with Crippen molar-refractivity contribution in [1.29, 1.82) is 0 Å². The Morgan fingerprint density at radius 2 is 2.10 bits per heavy atom. The SMILES string of the molecule is CC(C)(C)CC(N)Cc1nc(-c2ccc(Cl)c(Br)c2)no1. The van der Waals surface area contributed by atoms with E-state index in [0.29, 0.717) is 23.2 Å². The highest BCUT2D eigenvalue weighted by Gasteiger charge is 2.19. The predicted molar refractivity (Wildman–Crippen MR) is 88.2 cm³/mol. The minimum atomic E-state index is 0.00949. The van der Waals surface area contributed by atoms with Crippen LogP contribution in [0.5, 0.6) is 0 Å². The molecule has 4 nitrogen and oxygen atoms in total. The second-order valence-electron chi connectivity index (χ2n) is 6.37. The topological polar surface area (TPSA) is 64.9 Å². The Balaban J connectivity index is 2.09. The van der Waals surface area contributed by atoms with Crippen LogP contribution in [0.2, 0.25) is 5.02 Å². The van der Waals surface area contributed by atoms with Crippen LogP contribution in [0.3, 0.4) is 0 Å². The molecule has 2 rings (SSSR count). The van der Waals surface area contributed by atoms with Gasteiger partial charge in [-0.3, -0.25) is 0 Å². The Morgan fingerprint density at radius 3 is 2.71 bits per heavy atom. The summed E-state index contributed by atoms with van der Waals surface area (Å²) in [6.45, 7) is 6.49. The minimum absolute atomic E-state index is 0.00949. The summed E-state index contributed by atoms with van der Waals surface area (Å²) in [5.74, 6) is 1.11. The predicted octanol–water partition coefficient (Wildman–Crippen LogP) is 4.46. The highest BCUT2D eigenvalue weighted by molar-refractivity contribution is 9.10. The molecule has 2 N–H and O–H groups in total. The first kappa shape index (κ1) is 16.5. The fraction of sp³-hybridized carbons (Fsp3) is 0.467. The van der Waals surface area contributed by atoms with Crippen molar-refractivity contribution in [2.24, 2.45) is 11.1 Å². The molecular formula is C15H19BrClN3O. The molecule has 0 aliphatic heterocycles. The zero-order valence-electron chi connectivity index (χ0n) is 12.4. The van der Waals surface area contributed by atoms with Crippen LogP contribution in [0.1, 0.15) is 33.1 Å². The largest absolute Gasteiger partial charge is 0.339 e. The smallest absolute Gasteiger partial charge is 0.228 e. The molecule has 0 bridgehead atoms. The van der Waals surface area contributed by atoms with Gasteiger partial charge in [-0.15, -0.1) is 0 Å². The van der Waals surface area contributed by atoms with E-state index in [0.717, 1.165) is 16.5 Å². The number of nitrogens with zero attached hydrogens (tertiary/aromatic N) is 2. The molecule has 0 aliphatic rings. The standard InChI is InChI=1S/C15H19BrClN3O/c1-15(2,3)8-10(18)7-13-19-14(20-21-13)9-4-5-12(17)11(16)6-9/h4-6,10H,7-8,18H2,1-3H3. The molecule has 0 amide bonds. The molecule has 0 radical (unpaired) electrons. The molecule has 1 heterocycles. The molecule has 0 fully saturated rings. The van der Waals surface area contributed by atoms with E-state index in [9.17, 15) is 0 Å². The Kier molecular flexibility index (Phi) is 5.07. The second kappa shape index (κ2) is 6.46. The minimum Gasteiger partial charge on any atom is -0.339 e. The highest BCUT2D eigenvalue weighted by Crippen LogP contribution is 2.28. The van der Waals surface area contributed by atoms with Gasteiger partial charge in [0.25, 0.3) is 0 Å². The molecule has 114 valence electrons. The van der Waals surface area contributed by atoms with Crippen LogP contribution < -0.4 is 5.73 Å². The summed E-state index contributed by atoms with van der Waals surface area (Å²) in [6, 6.07) is 5.53. The number of hydrogen-bond donors (Lipinski definition) is 1. The normalized spacial score (nSPS) is 13.4. The fourth-order valence-electron chi connectivity index (χ4n) is 2.17. The van der Waals surface area contributed by atoms with Crippen molar-refractivity contribution in [3.05, 3.63) is 33.6 Å². The monoisotopic (exact) mass is 371 g/mol. The Labute approximate surface area is 138 Å². The first-order valence-corrected chi connectivity index (χ1v) is 7.95. The molecule has 0 saturated heterocycles. The summed E-state index contributed by atoms with van der Waals surface area (Å²) in [7, 11) is 0. The van der Waals surface area contributed by atoms with Gasteiger partial charge < -0.3 is 10.3 Å². The van der Waals surface area contributed by atoms with Crippen LogP contribution in [0, 0.1) is 5.41 Å². The molecule has 21 heavy (non-hydrogen) atoms. The van der Waals surface area contributed by atoms with Crippen LogP contribution >= 0.6 is 27.5 Å². The fourth-order valence-corrected chi connectivity index (χ4v) is 2.67. The van der Waals surface area contributed by atoms with E-state index in [-0.39, 0.29) is 11.5 Å². The lowest BCUT2D eigenvalue weighted by Gasteiger charge is -2.21. The maximum Gasteiger partial charge on any atom is 0.228 e. The third-order valence-electron chi connectivity index (χ3n) is 2.96. The number of rotatable bonds is 4. The zero-order valence-corrected chi connectivity index (χ0v) is 14.7. The van der Waals surface area contributed by atoms with E-state index in [1.54, 1.807) is 6.07 Å². The molecule has 0 saturated carbocycles. The van der Waals surface area contributed by atoms with Gasteiger partial charge in [0.1, 0.15) is 0 Å². The number of hydrogen-bond acceptors (Lipinski definition) is 4. The molecule has 0 aliphatic carbocycles. The van der Waals surface area contributed by atoms with Crippen molar-refractivity contribution in [3.63, 3.8) is 0 Å². The van der Waals surface area contributed by atoms with Crippen molar-refractivity contribution in [2.75, 3.05) is 0 Å². The third kappa shape index (κ3) is 4.80. The van der Waals surface area contributed by atoms with Gasteiger partial charge in [0.2, 0.25) is 11.7 Å². The van der Waals surface area contributed by atoms with Crippen LogP contribution in [0.4, 0.5) is 0 Å². The van der Waals surface area contributed by atoms with Gasteiger partial charge in [0, 0.05) is 22.5 Å². The average molecular weight is 373 g/mol. The van der Waals surface area contributed by atoms with Crippen molar-refractivity contribution < 1.29 is 4.52 Å². The molecule has 2 aromatic rings. The molecule has 1 aromatic heterocycles. The van der Waals surface area contributed by atoms with E-state index in [1.165, 1.54) is 0 Å². The molecule has 1 aromatic carbocycles. The van der Waals surface area contributed by atoms with Crippen LogP contribution in [0.15, 0.2) is 27.2 Å². The summed E-state index contributed by atoms with van der Waals surface area (Å²) in [6.07, 6.45) is 1.48. The lowest BCUT2D eigenvalue weighted by Crippen LogP contribution is -2.28. The van der Waals surface area contributed by atoms with Gasteiger partial charge in [-0.25, -0.2) is 0 Å². The van der Waals surface area contributed by atoms with Gasteiger partial charge in [0.05, 0.1) is 5.02 Å². The van der Waals surface area contributed by atoms with E-state index in [2.05, 4.69) is 46.8 Å². The Morgan fingerprint density at radius 1 is 1.38 bits per heavy atom. The lowest BCUT2D eigenvalue weighted by atomic mass is 9.87. The second-order valence-corrected chi connectivity index (χ2v) is 7.63. The van der Waals surface area contributed by atoms with Gasteiger partial charge in [-0.1, -0.05) is 37.5 Å². The summed E-state index contributed by atoms with van der Waals surface area (Å²) in [5, 5.41) is 4.65. The quantitative estimate of drug-likeness (QED) is 0.860. The van der Waals surface area contributed by atoms with E-state index in [1.807, 2.05) is 12.1 Å². The van der Waals surface area contributed by atoms with Crippen molar-refractivity contribution >= 4 is 27.5 Å². The van der Waals surface area contributed by atoms with Gasteiger partial charge in [-0.2, -0.15) is 4.98 Å². The maximum atomic E-state index is 6.13. The lowest BCUT2D eigenvalue weighted by molar-refractivity contribution is 0.313. The van der Waals surface area contributed by atoms with Crippen LogP contribution in [0.25, 0.3) is 11.4 Å². The summed E-state index contributed by atoms with van der Waals surface area (Å²) >= 11 is 9.36. The van der Waals surface area contributed by atoms with E-state index in [4.69, 9.17) is 21.9 Å². The van der Waals surface area contributed by atoms with Crippen molar-refractivity contribution in [2.45, 2.75) is 39.7 Å². The van der Waals surface area contributed by atoms with Gasteiger partial charge in [0.15, 0.2) is 0 Å². The first-order valence-electron chi connectivity index (χ1n) is 6.78. The summed E-state index contributed by atoms with van der Waals surface area (Å²) in [4.78, 5) is 4.40. The van der Waals surface area contributed by atoms with Crippen molar-refractivity contribution in [1.82, 2.24) is 10.1 Å². The first-order chi connectivity index (χ1) is 9.74. The molecule has 6 heteroatoms. The Hall–Kier alpha value is -0.910. The number of nitrogens with two attached hydrogens (primary N) is 1. The highest BCUT2D eigenvalue weighted by atomic mass is 79.9. The molecule has 1 atom stereocenters. The number of benzene rings is 1. The van der Waals surface area contributed by atoms with Gasteiger partial charge >= 0.3 is 0 Å². The maximum absolute atomic E-state index is 6.13. The number of aromatic nitrogens is 2. The molecule has 0 spiro atoms. The van der Waals surface area contributed by atoms with E-state index >= 15 is 0 Å². The van der Waals surface area contributed by atoms with Crippen LogP contribution in [-0.2, 0) is 6.42 Å². The van der Waals surface area contributed by atoms with Gasteiger partial charge in [-0.05, 0) is 46.0 Å². The summed E-state index contributed by atoms with van der Waals surface area (Å²) < 4.78 is 6.09. The summed E-state index contributed by atoms with van der Waals surface area (Å²) in [5.41, 5.74) is 7.17. The average Bonchev–Trinajstić information content (AvgIpc) is 2.78. The van der Waals surface area contributed by atoms with Crippen molar-refractivity contribution in [3.8, 4) is 11.4 Å². The van der Waals surface area contributed by atoms with E-state index < -0.39 is 0 Å². The Bertz CT molecular complexity index is 622. The molecule has 1 unspecified atom stereocenters. The zero-order chi connectivity index (χ0) is 15.6.